The second kappa shape index (κ2) is 5.97. The van der Waals surface area contributed by atoms with Gasteiger partial charge in [-0.25, -0.2) is 0 Å². The number of rotatable bonds is 4. The van der Waals surface area contributed by atoms with Crippen molar-refractivity contribution in [2.45, 2.75) is 19.9 Å². The Kier molecular flexibility index (Phi) is 4.90. The normalized spacial score (nSPS) is 10.3. The first-order valence-electron chi connectivity index (χ1n) is 4.86. The van der Waals surface area contributed by atoms with Crippen LogP contribution in [0, 0.1) is 0 Å². The van der Waals surface area contributed by atoms with Gasteiger partial charge >= 0.3 is 0 Å². The van der Waals surface area contributed by atoms with Gasteiger partial charge < -0.3 is 10.1 Å². The van der Waals surface area contributed by atoms with Crippen LogP contribution in [0.1, 0.15) is 13.8 Å². The van der Waals surface area contributed by atoms with Gasteiger partial charge in [0.2, 0.25) is 0 Å². The van der Waals surface area contributed by atoms with Crippen molar-refractivity contribution in [3.63, 3.8) is 0 Å². The van der Waals surface area contributed by atoms with E-state index in [9.17, 15) is 4.79 Å². The molecule has 0 unspecified atom stereocenters. The summed E-state index contributed by atoms with van der Waals surface area (Å²) in [6, 6.07) is 4.95. The zero-order chi connectivity index (χ0) is 12.1. The van der Waals surface area contributed by atoms with Crippen LogP contribution in [0.5, 0.6) is 5.75 Å². The molecular formula is C11H13Cl2NO2. The Morgan fingerprint density at radius 3 is 2.75 bits per heavy atom. The van der Waals surface area contributed by atoms with Crippen molar-refractivity contribution >= 4 is 29.1 Å². The lowest BCUT2D eigenvalue weighted by atomic mass is 10.3. The summed E-state index contributed by atoms with van der Waals surface area (Å²) in [6.07, 6.45) is 0. The maximum Gasteiger partial charge on any atom is 0.258 e. The molecule has 1 N–H and O–H groups in total. The van der Waals surface area contributed by atoms with Crippen LogP contribution in [0.4, 0.5) is 0 Å². The molecule has 0 spiro atoms. The molecule has 0 saturated heterocycles. The molecule has 0 atom stereocenters. The van der Waals surface area contributed by atoms with E-state index in [4.69, 9.17) is 27.9 Å². The maximum atomic E-state index is 11.3. The van der Waals surface area contributed by atoms with Gasteiger partial charge in [0.25, 0.3) is 5.91 Å². The quantitative estimate of drug-likeness (QED) is 0.906. The molecule has 0 aliphatic rings. The maximum absolute atomic E-state index is 11.3. The van der Waals surface area contributed by atoms with Gasteiger partial charge in [-0.15, -0.1) is 0 Å². The SMILES string of the molecule is CC(C)NC(=O)COc1cc(Cl)ccc1Cl. The van der Waals surface area contributed by atoms with E-state index in [0.717, 1.165) is 0 Å². The molecule has 1 aromatic carbocycles. The van der Waals surface area contributed by atoms with E-state index >= 15 is 0 Å². The lowest BCUT2D eigenvalue weighted by Gasteiger charge is -2.10. The van der Waals surface area contributed by atoms with Crippen LogP contribution in [0.15, 0.2) is 18.2 Å². The van der Waals surface area contributed by atoms with Crippen molar-refractivity contribution in [1.29, 1.82) is 0 Å². The molecule has 16 heavy (non-hydrogen) atoms. The first-order chi connectivity index (χ1) is 7.49. The largest absolute Gasteiger partial charge is 0.482 e. The minimum Gasteiger partial charge on any atom is -0.482 e. The minimum atomic E-state index is -0.189. The van der Waals surface area contributed by atoms with Crippen LogP contribution in [0.25, 0.3) is 0 Å². The summed E-state index contributed by atoms with van der Waals surface area (Å²) in [5.74, 6) is 0.221. The van der Waals surface area contributed by atoms with Crippen LogP contribution in [-0.4, -0.2) is 18.6 Å². The molecule has 0 aliphatic carbocycles. The van der Waals surface area contributed by atoms with E-state index in [1.807, 2.05) is 13.8 Å². The zero-order valence-electron chi connectivity index (χ0n) is 9.09. The Morgan fingerprint density at radius 1 is 1.44 bits per heavy atom. The summed E-state index contributed by atoms with van der Waals surface area (Å²) < 4.78 is 5.25. The van der Waals surface area contributed by atoms with Gasteiger partial charge in [-0.2, -0.15) is 0 Å². The number of halogens is 2. The molecular weight excluding hydrogens is 249 g/mol. The number of carbonyl (C=O) groups is 1. The van der Waals surface area contributed by atoms with Crippen molar-refractivity contribution in [2.75, 3.05) is 6.61 Å². The van der Waals surface area contributed by atoms with Crippen LogP contribution in [0.3, 0.4) is 0 Å². The third-order valence-corrected chi connectivity index (χ3v) is 2.25. The Bertz CT molecular complexity index is 380. The van der Waals surface area contributed by atoms with Crippen molar-refractivity contribution in [3.05, 3.63) is 28.2 Å². The molecule has 3 nitrogen and oxygen atoms in total. The highest BCUT2D eigenvalue weighted by atomic mass is 35.5. The minimum absolute atomic E-state index is 0.0712. The number of hydrogen-bond acceptors (Lipinski definition) is 2. The fourth-order valence-corrected chi connectivity index (χ4v) is 1.43. The first kappa shape index (κ1) is 13.1. The summed E-state index contributed by atoms with van der Waals surface area (Å²) in [5, 5.41) is 3.66. The molecule has 0 aromatic heterocycles. The Hall–Kier alpha value is -0.930. The van der Waals surface area contributed by atoms with Crippen molar-refractivity contribution in [3.8, 4) is 5.75 Å². The summed E-state index contributed by atoms with van der Waals surface area (Å²) in [4.78, 5) is 11.3. The number of carbonyl (C=O) groups excluding carboxylic acids is 1. The lowest BCUT2D eigenvalue weighted by Crippen LogP contribution is -2.34. The molecule has 1 aromatic rings. The van der Waals surface area contributed by atoms with Crippen LogP contribution >= 0.6 is 23.2 Å². The van der Waals surface area contributed by atoms with Gasteiger partial charge in [-0.05, 0) is 26.0 Å². The van der Waals surface area contributed by atoms with E-state index in [2.05, 4.69) is 5.32 Å². The van der Waals surface area contributed by atoms with Crippen molar-refractivity contribution < 1.29 is 9.53 Å². The van der Waals surface area contributed by atoms with Crippen molar-refractivity contribution in [2.24, 2.45) is 0 Å². The van der Waals surface area contributed by atoms with E-state index in [-0.39, 0.29) is 18.6 Å². The molecule has 88 valence electrons. The van der Waals surface area contributed by atoms with E-state index in [1.165, 1.54) is 0 Å². The molecule has 1 amide bonds. The van der Waals surface area contributed by atoms with E-state index < -0.39 is 0 Å². The van der Waals surface area contributed by atoms with Gasteiger partial charge in [-0.3, -0.25) is 4.79 Å². The third kappa shape index (κ3) is 4.29. The number of amides is 1. The van der Waals surface area contributed by atoms with Gasteiger partial charge in [-0.1, -0.05) is 23.2 Å². The highest BCUT2D eigenvalue weighted by molar-refractivity contribution is 6.34. The second-order valence-corrected chi connectivity index (χ2v) is 4.43. The van der Waals surface area contributed by atoms with Gasteiger partial charge in [0.1, 0.15) is 5.75 Å². The number of hydrogen-bond donors (Lipinski definition) is 1. The summed E-state index contributed by atoms with van der Waals surface area (Å²) in [6.45, 7) is 3.69. The van der Waals surface area contributed by atoms with Crippen LogP contribution in [0.2, 0.25) is 10.0 Å². The number of nitrogens with one attached hydrogen (secondary N) is 1. The van der Waals surface area contributed by atoms with Crippen LogP contribution < -0.4 is 10.1 Å². The van der Waals surface area contributed by atoms with E-state index in [1.54, 1.807) is 18.2 Å². The average molecular weight is 262 g/mol. The highest BCUT2D eigenvalue weighted by Crippen LogP contribution is 2.27. The Balaban J connectivity index is 2.54. The first-order valence-corrected chi connectivity index (χ1v) is 5.62. The molecule has 0 aliphatic heterocycles. The molecule has 0 radical (unpaired) electrons. The molecule has 0 bridgehead atoms. The Labute approximate surface area is 105 Å². The molecule has 0 fully saturated rings. The molecule has 5 heteroatoms. The summed E-state index contributed by atoms with van der Waals surface area (Å²) >= 11 is 11.6. The number of benzene rings is 1. The van der Waals surface area contributed by atoms with Crippen LogP contribution in [-0.2, 0) is 4.79 Å². The van der Waals surface area contributed by atoms with Gasteiger partial charge in [0, 0.05) is 17.1 Å². The second-order valence-electron chi connectivity index (χ2n) is 3.59. The zero-order valence-corrected chi connectivity index (χ0v) is 10.6. The summed E-state index contributed by atoms with van der Waals surface area (Å²) in [5.41, 5.74) is 0. The standard InChI is InChI=1S/C11H13Cl2NO2/c1-7(2)14-11(15)6-16-10-5-8(12)3-4-9(10)13/h3-5,7H,6H2,1-2H3,(H,14,15). The van der Waals surface area contributed by atoms with E-state index in [0.29, 0.717) is 15.8 Å². The predicted molar refractivity (Wildman–Crippen MR) is 65.2 cm³/mol. The average Bonchev–Trinajstić information content (AvgIpc) is 2.18. The Morgan fingerprint density at radius 2 is 2.12 bits per heavy atom. The smallest absolute Gasteiger partial charge is 0.258 e. The van der Waals surface area contributed by atoms with Crippen molar-refractivity contribution in [1.82, 2.24) is 5.32 Å². The fraction of sp³-hybridized carbons (Fsp3) is 0.364. The lowest BCUT2D eigenvalue weighted by molar-refractivity contribution is -0.123. The van der Waals surface area contributed by atoms with Gasteiger partial charge in [0.15, 0.2) is 6.61 Å². The summed E-state index contributed by atoms with van der Waals surface area (Å²) in [7, 11) is 0. The molecule has 0 heterocycles. The number of ether oxygens (including phenoxy) is 1. The topological polar surface area (TPSA) is 38.3 Å². The molecule has 0 saturated carbocycles. The molecule has 1 rings (SSSR count). The monoisotopic (exact) mass is 261 g/mol. The highest BCUT2D eigenvalue weighted by Gasteiger charge is 2.07. The fourth-order valence-electron chi connectivity index (χ4n) is 1.09. The third-order valence-electron chi connectivity index (χ3n) is 1.70. The van der Waals surface area contributed by atoms with Gasteiger partial charge in [0.05, 0.1) is 5.02 Å². The predicted octanol–water partition coefficient (Wildman–Crippen LogP) is 2.90.